The SMILES string of the molecule is O=C(Nc1c(F)cc(F)cc1F)Nc1c(O)c2ccccc2[nH]c(=O)c1=O. The van der Waals surface area contributed by atoms with E-state index in [1.807, 2.05) is 5.32 Å². The predicted molar refractivity (Wildman–Crippen MR) is 91.5 cm³/mol. The van der Waals surface area contributed by atoms with Crippen LogP contribution in [0.5, 0.6) is 5.75 Å². The number of carbonyl (C=O) groups is 1. The van der Waals surface area contributed by atoms with Crippen molar-refractivity contribution in [1.82, 2.24) is 4.98 Å². The molecule has 10 heteroatoms. The minimum Gasteiger partial charge on any atom is -0.505 e. The number of benzene rings is 2. The number of aromatic hydroxyl groups is 1. The molecule has 0 aliphatic rings. The normalized spacial score (nSPS) is 10.6. The Morgan fingerprint density at radius 1 is 0.963 bits per heavy atom. The van der Waals surface area contributed by atoms with E-state index < -0.39 is 51.6 Å². The van der Waals surface area contributed by atoms with Gasteiger partial charge in [-0.25, -0.2) is 18.0 Å². The first-order chi connectivity index (χ1) is 12.8. The number of rotatable bonds is 2. The maximum absolute atomic E-state index is 13.6. The lowest BCUT2D eigenvalue weighted by atomic mass is 10.2. The minimum absolute atomic E-state index is 0.0474. The zero-order chi connectivity index (χ0) is 19.7. The van der Waals surface area contributed by atoms with Gasteiger partial charge in [0.1, 0.15) is 17.2 Å². The highest BCUT2D eigenvalue weighted by molar-refractivity contribution is 6.02. The number of urea groups is 1. The molecule has 27 heavy (non-hydrogen) atoms. The van der Waals surface area contributed by atoms with Crippen molar-refractivity contribution in [2.75, 3.05) is 10.6 Å². The molecule has 2 aromatic carbocycles. The van der Waals surface area contributed by atoms with Crippen LogP contribution in [0.15, 0.2) is 46.0 Å². The van der Waals surface area contributed by atoms with E-state index >= 15 is 0 Å². The van der Waals surface area contributed by atoms with E-state index in [2.05, 4.69) is 4.98 Å². The van der Waals surface area contributed by atoms with Crippen molar-refractivity contribution in [3.05, 3.63) is 74.4 Å². The first-order valence-electron chi connectivity index (χ1n) is 7.38. The van der Waals surface area contributed by atoms with Crippen LogP contribution in [-0.4, -0.2) is 16.1 Å². The maximum Gasteiger partial charge on any atom is 0.324 e. The third-order valence-corrected chi connectivity index (χ3v) is 3.58. The molecule has 0 bridgehead atoms. The Balaban J connectivity index is 2.04. The lowest BCUT2D eigenvalue weighted by Crippen LogP contribution is -2.30. The number of aromatic amines is 1. The fraction of sp³-hybridized carbons (Fsp3) is 0. The molecule has 7 nitrogen and oxygen atoms in total. The summed E-state index contributed by atoms with van der Waals surface area (Å²) >= 11 is 0. The number of H-pyrrole nitrogens is 1. The molecule has 0 unspecified atom stereocenters. The van der Waals surface area contributed by atoms with Gasteiger partial charge >= 0.3 is 6.03 Å². The van der Waals surface area contributed by atoms with Crippen LogP contribution in [0.25, 0.3) is 10.9 Å². The van der Waals surface area contributed by atoms with Crippen LogP contribution < -0.4 is 21.6 Å². The Morgan fingerprint density at radius 2 is 1.56 bits per heavy atom. The van der Waals surface area contributed by atoms with Crippen molar-refractivity contribution in [2.24, 2.45) is 0 Å². The highest BCUT2D eigenvalue weighted by atomic mass is 19.1. The molecule has 1 aromatic heterocycles. The van der Waals surface area contributed by atoms with E-state index in [-0.39, 0.29) is 10.9 Å². The second-order valence-corrected chi connectivity index (χ2v) is 5.38. The number of nitrogens with one attached hydrogen (secondary N) is 3. The summed E-state index contributed by atoms with van der Waals surface area (Å²) in [5.74, 6) is -4.69. The Morgan fingerprint density at radius 3 is 2.22 bits per heavy atom. The van der Waals surface area contributed by atoms with Gasteiger partial charge in [-0.15, -0.1) is 0 Å². The summed E-state index contributed by atoms with van der Waals surface area (Å²) in [6, 6.07) is 5.21. The topological polar surface area (TPSA) is 111 Å². The van der Waals surface area contributed by atoms with Gasteiger partial charge < -0.3 is 20.7 Å². The van der Waals surface area contributed by atoms with Crippen LogP contribution in [0.4, 0.5) is 29.3 Å². The molecule has 2 amide bonds. The summed E-state index contributed by atoms with van der Waals surface area (Å²) in [5, 5.41) is 14.0. The number of para-hydroxylation sites is 1. The standard InChI is InChI=1S/C17H10F3N3O4/c18-7-5-9(19)12(10(20)6-7)22-17(27)23-13-14(24)8-3-1-2-4-11(8)21-16(26)15(13)25/h1-6H,(H4,21,22,23,24,25,26,27). The zero-order valence-corrected chi connectivity index (χ0v) is 13.3. The van der Waals surface area contributed by atoms with E-state index in [4.69, 9.17) is 0 Å². The molecular formula is C17H10F3N3O4. The summed E-state index contributed by atoms with van der Waals surface area (Å²) in [7, 11) is 0. The molecule has 3 aromatic rings. The second-order valence-electron chi connectivity index (χ2n) is 5.38. The molecule has 138 valence electrons. The fourth-order valence-corrected chi connectivity index (χ4v) is 2.37. The molecule has 0 fully saturated rings. The van der Waals surface area contributed by atoms with Crippen LogP contribution in [0.1, 0.15) is 0 Å². The van der Waals surface area contributed by atoms with Crippen LogP contribution in [0, 0.1) is 17.5 Å². The zero-order valence-electron chi connectivity index (χ0n) is 13.3. The van der Waals surface area contributed by atoms with Crippen molar-refractivity contribution in [1.29, 1.82) is 0 Å². The quantitative estimate of drug-likeness (QED) is 0.515. The first-order valence-corrected chi connectivity index (χ1v) is 7.38. The molecule has 0 radical (unpaired) electrons. The Kier molecular flexibility index (Phi) is 4.55. The van der Waals surface area contributed by atoms with E-state index in [0.717, 1.165) is 0 Å². The Hall–Kier alpha value is -3.82. The molecular weight excluding hydrogens is 367 g/mol. The van der Waals surface area contributed by atoms with Gasteiger partial charge in [-0.2, -0.15) is 0 Å². The monoisotopic (exact) mass is 377 g/mol. The van der Waals surface area contributed by atoms with Crippen LogP contribution in [-0.2, 0) is 0 Å². The van der Waals surface area contributed by atoms with Crippen molar-refractivity contribution in [3.8, 4) is 5.75 Å². The molecule has 0 saturated heterocycles. The lowest BCUT2D eigenvalue weighted by Gasteiger charge is -2.09. The smallest absolute Gasteiger partial charge is 0.324 e. The Labute approximate surface area is 148 Å². The highest BCUT2D eigenvalue weighted by Gasteiger charge is 2.18. The number of carbonyl (C=O) groups excluding carboxylic acids is 1. The average molecular weight is 377 g/mol. The first kappa shape index (κ1) is 18.0. The largest absolute Gasteiger partial charge is 0.505 e. The molecule has 0 aliphatic heterocycles. The molecule has 3 rings (SSSR count). The van der Waals surface area contributed by atoms with Crippen molar-refractivity contribution in [3.63, 3.8) is 0 Å². The van der Waals surface area contributed by atoms with Gasteiger partial charge in [0.15, 0.2) is 17.4 Å². The summed E-state index contributed by atoms with van der Waals surface area (Å²) in [4.78, 5) is 38.3. The van der Waals surface area contributed by atoms with Gasteiger partial charge in [-0.05, 0) is 12.1 Å². The van der Waals surface area contributed by atoms with Crippen LogP contribution in [0.2, 0.25) is 0 Å². The molecule has 0 saturated carbocycles. The van der Waals surface area contributed by atoms with Crippen molar-refractivity contribution >= 4 is 28.3 Å². The number of hydrogen-bond acceptors (Lipinski definition) is 4. The fourth-order valence-electron chi connectivity index (χ4n) is 2.37. The van der Waals surface area contributed by atoms with Gasteiger partial charge in [0.25, 0.3) is 11.0 Å². The summed E-state index contributed by atoms with van der Waals surface area (Å²) < 4.78 is 40.1. The maximum atomic E-state index is 13.6. The van der Waals surface area contributed by atoms with Gasteiger partial charge in [0.2, 0.25) is 0 Å². The van der Waals surface area contributed by atoms with Gasteiger partial charge in [0, 0.05) is 17.5 Å². The third kappa shape index (κ3) is 3.45. The molecule has 0 aliphatic carbocycles. The van der Waals surface area contributed by atoms with Crippen molar-refractivity contribution < 1.29 is 23.1 Å². The molecule has 4 N–H and O–H groups in total. The minimum atomic E-state index is -1.39. The van der Waals surface area contributed by atoms with Gasteiger partial charge in [-0.3, -0.25) is 9.59 Å². The molecule has 0 atom stereocenters. The van der Waals surface area contributed by atoms with E-state index in [1.54, 1.807) is 11.4 Å². The number of amides is 2. The molecule has 0 spiro atoms. The highest BCUT2D eigenvalue weighted by Crippen LogP contribution is 2.27. The summed E-state index contributed by atoms with van der Waals surface area (Å²) in [6.07, 6.45) is 0. The predicted octanol–water partition coefficient (Wildman–Crippen LogP) is 2.66. The lowest BCUT2D eigenvalue weighted by molar-refractivity contribution is 0.261. The second kappa shape index (κ2) is 6.83. The third-order valence-electron chi connectivity index (χ3n) is 3.58. The van der Waals surface area contributed by atoms with E-state index in [1.165, 1.54) is 18.2 Å². The number of hydrogen-bond donors (Lipinski definition) is 4. The van der Waals surface area contributed by atoms with Crippen LogP contribution in [0.3, 0.4) is 0 Å². The van der Waals surface area contributed by atoms with Gasteiger partial charge in [0.05, 0.1) is 5.52 Å². The average Bonchev–Trinajstić information content (AvgIpc) is 2.69. The Bertz CT molecular complexity index is 1170. The number of aromatic nitrogens is 1. The number of anilines is 2. The summed E-state index contributed by atoms with van der Waals surface area (Å²) in [5.41, 5.74) is -4.06. The molecule has 1 heterocycles. The van der Waals surface area contributed by atoms with E-state index in [9.17, 15) is 32.7 Å². The number of halogens is 3. The van der Waals surface area contributed by atoms with Gasteiger partial charge in [-0.1, -0.05) is 12.1 Å². The van der Waals surface area contributed by atoms with Crippen molar-refractivity contribution in [2.45, 2.75) is 0 Å². The summed E-state index contributed by atoms with van der Waals surface area (Å²) in [6.45, 7) is 0. The number of fused-ring (bicyclic) bond motifs is 1. The van der Waals surface area contributed by atoms with E-state index in [0.29, 0.717) is 12.1 Å². The van der Waals surface area contributed by atoms with Crippen LogP contribution >= 0.6 is 0 Å².